The Hall–Kier alpha value is -0.830. The van der Waals surface area contributed by atoms with E-state index >= 15 is 0 Å². The van der Waals surface area contributed by atoms with Gasteiger partial charge in [-0.2, -0.15) is 5.10 Å². The van der Waals surface area contributed by atoms with Gasteiger partial charge >= 0.3 is 0 Å². The average Bonchev–Trinajstić information content (AvgIpc) is 2.64. The predicted molar refractivity (Wildman–Crippen MR) is 64.0 cm³/mol. The minimum absolute atomic E-state index is 0.188. The van der Waals surface area contributed by atoms with Crippen molar-refractivity contribution in [1.82, 2.24) is 9.78 Å². The summed E-state index contributed by atoms with van der Waals surface area (Å²) in [6, 6.07) is 0. The van der Waals surface area contributed by atoms with E-state index in [4.69, 9.17) is 0 Å². The smallest absolute Gasteiger partial charge is 0.0609 e. The van der Waals surface area contributed by atoms with Gasteiger partial charge in [-0.3, -0.25) is 4.68 Å². The predicted octanol–water partition coefficient (Wildman–Crippen LogP) is 2.15. The van der Waals surface area contributed by atoms with Crippen LogP contribution in [0.25, 0.3) is 0 Å². The number of aliphatic hydroxyl groups is 1. The first-order chi connectivity index (χ1) is 7.65. The molecule has 1 aromatic heterocycles. The molecule has 1 N–H and O–H groups in total. The fraction of sp³-hybridized carbons (Fsp3) is 0.769. The van der Waals surface area contributed by atoms with Crippen LogP contribution in [0.1, 0.15) is 38.2 Å². The van der Waals surface area contributed by atoms with Crippen molar-refractivity contribution in [2.24, 2.45) is 18.9 Å². The summed E-state index contributed by atoms with van der Waals surface area (Å²) < 4.78 is 1.80. The second-order valence-corrected chi connectivity index (χ2v) is 5.33. The molecule has 0 amide bonds. The Morgan fingerprint density at radius 3 is 3.00 bits per heavy atom. The van der Waals surface area contributed by atoms with Gasteiger partial charge in [0, 0.05) is 19.7 Å². The van der Waals surface area contributed by atoms with Crippen molar-refractivity contribution >= 4 is 0 Å². The minimum atomic E-state index is -0.188. The molecule has 1 aliphatic rings. The van der Waals surface area contributed by atoms with Gasteiger partial charge in [0.2, 0.25) is 0 Å². The van der Waals surface area contributed by atoms with E-state index in [-0.39, 0.29) is 6.10 Å². The van der Waals surface area contributed by atoms with Crippen molar-refractivity contribution in [3.8, 4) is 0 Å². The second kappa shape index (κ2) is 5.00. The maximum atomic E-state index is 10.2. The lowest BCUT2D eigenvalue weighted by molar-refractivity contribution is 0.0720. The van der Waals surface area contributed by atoms with E-state index in [0.29, 0.717) is 5.92 Å². The van der Waals surface area contributed by atoms with Crippen molar-refractivity contribution < 1.29 is 5.11 Å². The summed E-state index contributed by atoms with van der Waals surface area (Å²) >= 11 is 0. The monoisotopic (exact) mass is 222 g/mol. The molecule has 1 fully saturated rings. The summed E-state index contributed by atoms with van der Waals surface area (Å²) in [4.78, 5) is 0. The summed E-state index contributed by atoms with van der Waals surface area (Å²) in [7, 11) is 1.92. The molecule has 0 aliphatic heterocycles. The Labute approximate surface area is 97.5 Å². The number of rotatable bonds is 3. The number of aliphatic hydroxyl groups excluding tert-OH is 1. The van der Waals surface area contributed by atoms with E-state index in [1.165, 1.54) is 25.7 Å². The molecular formula is C13H22N2O. The van der Waals surface area contributed by atoms with E-state index in [9.17, 15) is 5.11 Å². The van der Waals surface area contributed by atoms with Gasteiger partial charge in [0.1, 0.15) is 0 Å². The van der Waals surface area contributed by atoms with Crippen LogP contribution in [0.5, 0.6) is 0 Å². The molecule has 3 atom stereocenters. The minimum Gasteiger partial charge on any atom is -0.392 e. The molecule has 1 aromatic rings. The Kier molecular flexibility index (Phi) is 3.64. The third-order valence-electron chi connectivity index (χ3n) is 3.72. The summed E-state index contributed by atoms with van der Waals surface area (Å²) in [5, 5.41) is 14.4. The first kappa shape index (κ1) is 11.6. The number of hydrogen-bond acceptors (Lipinski definition) is 2. The summed E-state index contributed by atoms with van der Waals surface area (Å²) in [6.07, 6.45) is 9.39. The highest BCUT2D eigenvalue weighted by Gasteiger charge is 2.25. The molecule has 0 bridgehead atoms. The SMILES string of the molecule is CC1CCCC(C(O)Cc2cnn(C)c2)C1. The van der Waals surface area contributed by atoms with E-state index in [2.05, 4.69) is 12.0 Å². The molecule has 16 heavy (non-hydrogen) atoms. The molecule has 0 spiro atoms. The fourth-order valence-corrected chi connectivity index (χ4v) is 2.82. The normalized spacial score (nSPS) is 27.9. The third kappa shape index (κ3) is 2.85. The largest absolute Gasteiger partial charge is 0.392 e. The highest BCUT2D eigenvalue weighted by Crippen LogP contribution is 2.31. The van der Waals surface area contributed by atoms with Crippen molar-refractivity contribution in [1.29, 1.82) is 0 Å². The highest BCUT2D eigenvalue weighted by molar-refractivity contribution is 5.05. The molecular weight excluding hydrogens is 200 g/mol. The maximum Gasteiger partial charge on any atom is 0.0609 e. The lowest BCUT2D eigenvalue weighted by Gasteiger charge is -2.30. The Morgan fingerprint density at radius 2 is 2.38 bits per heavy atom. The van der Waals surface area contributed by atoms with Crippen LogP contribution in [-0.2, 0) is 13.5 Å². The molecule has 0 radical (unpaired) electrons. The topological polar surface area (TPSA) is 38.1 Å². The van der Waals surface area contributed by atoms with E-state index in [1.54, 1.807) is 4.68 Å². The van der Waals surface area contributed by atoms with Crippen molar-refractivity contribution in [2.45, 2.75) is 45.1 Å². The summed E-state index contributed by atoms with van der Waals surface area (Å²) in [5.74, 6) is 1.27. The Bertz CT molecular complexity index is 334. The van der Waals surface area contributed by atoms with Crippen LogP contribution in [0.15, 0.2) is 12.4 Å². The Morgan fingerprint density at radius 1 is 1.56 bits per heavy atom. The first-order valence-corrected chi connectivity index (χ1v) is 6.30. The highest BCUT2D eigenvalue weighted by atomic mass is 16.3. The molecule has 1 saturated carbocycles. The lowest BCUT2D eigenvalue weighted by atomic mass is 9.78. The van der Waals surface area contributed by atoms with Gasteiger partial charge in [-0.05, 0) is 30.2 Å². The number of hydrogen-bond donors (Lipinski definition) is 1. The van der Waals surface area contributed by atoms with Gasteiger partial charge in [-0.1, -0.05) is 19.8 Å². The number of aryl methyl sites for hydroxylation is 1. The van der Waals surface area contributed by atoms with Crippen LogP contribution >= 0.6 is 0 Å². The third-order valence-corrected chi connectivity index (χ3v) is 3.72. The number of nitrogens with zero attached hydrogens (tertiary/aromatic N) is 2. The Balaban J connectivity index is 1.89. The van der Waals surface area contributed by atoms with Gasteiger partial charge in [0.25, 0.3) is 0 Å². The van der Waals surface area contributed by atoms with Crippen LogP contribution in [-0.4, -0.2) is 21.0 Å². The molecule has 3 heteroatoms. The maximum absolute atomic E-state index is 10.2. The van der Waals surface area contributed by atoms with Gasteiger partial charge in [0.05, 0.1) is 12.3 Å². The van der Waals surface area contributed by atoms with E-state index < -0.39 is 0 Å². The van der Waals surface area contributed by atoms with Gasteiger partial charge < -0.3 is 5.11 Å². The molecule has 3 nitrogen and oxygen atoms in total. The van der Waals surface area contributed by atoms with Crippen LogP contribution in [0.4, 0.5) is 0 Å². The summed E-state index contributed by atoms with van der Waals surface area (Å²) in [6.45, 7) is 2.29. The van der Waals surface area contributed by atoms with Crippen LogP contribution < -0.4 is 0 Å². The molecule has 90 valence electrons. The van der Waals surface area contributed by atoms with Gasteiger partial charge in [-0.25, -0.2) is 0 Å². The molecule has 0 saturated heterocycles. The standard InChI is InChI=1S/C13H22N2O/c1-10-4-3-5-12(6-10)13(16)7-11-8-14-15(2)9-11/h8-10,12-13,16H,3-7H2,1-2H3. The molecule has 3 unspecified atom stereocenters. The van der Waals surface area contributed by atoms with Crippen LogP contribution in [0, 0.1) is 11.8 Å². The molecule has 0 aromatic carbocycles. The molecule has 1 heterocycles. The molecule has 1 aliphatic carbocycles. The summed E-state index contributed by atoms with van der Waals surface area (Å²) in [5.41, 5.74) is 1.15. The van der Waals surface area contributed by atoms with Crippen LogP contribution in [0.2, 0.25) is 0 Å². The zero-order chi connectivity index (χ0) is 11.5. The molecule has 2 rings (SSSR count). The van der Waals surface area contributed by atoms with E-state index in [0.717, 1.165) is 17.9 Å². The number of aromatic nitrogens is 2. The van der Waals surface area contributed by atoms with Gasteiger partial charge in [-0.15, -0.1) is 0 Å². The first-order valence-electron chi connectivity index (χ1n) is 6.30. The zero-order valence-electron chi connectivity index (χ0n) is 10.3. The zero-order valence-corrected chi connectivity index (χ0v) is 10.3. The van der Waals surface area contributed by atoms with Crippen LogP contribution in [0.3, 0.4) is 0 Å². The van der Waals surface area contributed by atoms with E-state index in [1.807, 2.05) is 19.4 Å². The quantitative estimate of drug-likeness (QED) is 0.851. The average molecular weight is 222 g/mol. The second-order valence-electron chi connectivity index (χ2n) is 5.33. The van der Waals surface area contributed by atoms with Crippen molar-refractivity contribution in [3.63, 3.8) is 0 Å². The van der Waals surface area contributed by atoms with Crippen molar-refractivity contribution in [2.75, 3.05) is 0 Å². The lowest BCUT2D eigenvalue weighted by Crippen LogP contribution is -2.27. The van der Waals surface area contributed by atoms with Gasteiger partial charge in [0.15, 0.2) is 0 Å². The van der Waals surface area contributed by atoms with Crippen molar-refractivity contribution in [3.05, 3.63) is 18.0 Å². The fourth-order valence-electron chi connectivity index (χ4n) is 2.82.